The van der Waals surface area contributed by atoms with E-state index in [2.05, 4.69) is 24.4 Å². The van der Waals surface area contributed by atoms with Crippen LogP contribution in [0.2, 0.25) is 0 Å². The Balaban J connectivity index is 1.95. The van der Waals surface area contributed by atoms with Gasteiger partial charge < -0.3 is 10.2 Å². The lowest BCUT2D eigenvalue weighted by Crippen LogP contribution is -2.44. The molecule has 1 aliphatic rings. The maximum Gasteiger partial charge on any atom is 0.245 e. The van der Waals surface area contributed by atoms with Crippen LogP contribution in [0, 0.1) is 0 Å². The van der Waals surface area contributed by atoms with Crippen LogP contribution in [0.15, 0.2) is 30.3 Å². The molecule has 1 N–H and O–H groups in total. The second-order valence-electron chi connectivity index (χ2n) is 5.70. The summed E-state index contributed by atoms with van der Waals surface area (Å²) in [6, 6.07) is 9.98. The Morgan fingerprint density at radius 2 is 2.00 bits per heavy atom. The van der Waals surface area contributed by atoms with Gasteiger partial charge in [0, 0.05) is 19.5 Å². The van der Waals surface area contributed by atoms with Gasteiger partial charge in [-0.2, -0.15) is 0 Å². The third-order valence-electron chi connectivity index (χ3n) is 4.16. The molecular weight excluding hydrogens is 264 g/mol. The van der Waals surface area contributed by atoms with Gasteiger partial charge in [0.25, 0.3) is 0 Å². The van der Waals surface area contributed by atoms with Crippen LogP contribution in [0.4, 0.5) is 0 Å². The zero-order valence-corrected chi connectivity index (χ0v) is 12.8. The first kappa shape index (κ1) is 15.5. The van der Waals surface area contributed by atoms with Gasteiger partial charge in [0.05, 0.1) is 0 Å². The van der Waals surface area contributed by atoms with E-state index in [0.29, 0.717) is 31.8 Å². The predicted octanol–water partition coefficient (Wildman–Crippen LogP) is 2.31. The van der Waals surface area contributed by atoms with Gasteiger partial charge in [0.15, 0.2) is 0 Å². The van der Waals surface area contributed by atoms with Crippen molar-refractivity contribution < 1.29 is 9.59 Å². The summed E-state index contributed by atoms with van der Waals surface area (Å²) in [4.78, 5) is 25.8. The van der Waals surface area contributed by atoms with Crippen LogP contribution in [0.5, 0.6) is 0 Å². The molecule has 21 heavy (non-hydrogen) atoms. The molecule has 1 aliphatic heterocycles. The minimum absolute atomic E-state index is 0.0196. The number of rotatable bonds is 5. The van der Waals surface area contributed by atoms with E-state index in [-0.39, 0.29) is 17.9 Å². The first-order chi connectivity index (χ1) is 10.1. The quantitative estimate of drug-likeness (QED) is 0.904. The maximum atomic E-state index is 12.4. The molecule has 0 aliphatic carbocycles. The van der Waals surface area contributed by atoms with Gasteiger partial charge in [0.1, 0.15) is 6.04 Å². The Kier molecular flexibility index (Phi) is 5.37. The van der Waals surface area contributed by atoms with E-state index in [1.165, 1.54) is 5.56 Å². The van der Waals surface area contributed by atoms with Crippen molar-refractivity contribution >= 4 is 11.8 Å². The zero-order chi connectivity index (χ0) is 15.2. The number of nitrogens with zero attached hydrogens (tertiary/aromatic N) is 1. The lowest BCUT2D eigenvalue weighted by molar-refractivity contribution is -0.133. The van der Waals surface area contributed by atoms with E-state index in [9.17, 15) is 9.59 Å². The Labute approximate surface area is 126 Å². The van der Waals surface area contributed by atoms with Gasteiger partial charge in [-0.1, -0.05) is 44.2 Å². The fourth-order valence-corrected chi connectivity index (χ4v) is 2.69. The van der Waals surface area contributed by atoms with E-state index < -0.39 is 0 Å². The van der Waals surface area contributed by atoms with Crippen molar-refractivity contribution in [3.8, 4) is 0 Å². The number of amides is 2. The molecule has 0 aromatic heterocycles. The molecule has 2 amide bonds. The van der Waals surface area contributed by atoms with Crippen LogP contribution < -0.4 is 5.32 Å². The van der Waals surface area contributed by atoms with Crippen LogP contribution in [-0.2, 0) is 9.59 Å². The molecule has 1 heterocycles. The molecule has 4 heteroatoms. The van der Waals surface area contributed by atoms with Gasteiger partial charge in [-0.25, -0.2) is 0 Å². The third kappa shape index (κ3) is 4.06. The highest BCUT2D eigenvalue weighted by Crippen LogP contribution is 2.19. The molecule has 0 bridgehead atoms. The summed E-state index contributed by atoms with van der Waals surface area (Å²) in [5.41, 5.74) is 1.29. The van der Waals surface area contributed by atoms with Crippen molar-refractivity contribution in [2.75, 3.05) is 13.1 Å². The van der Waals surface area contributed by atoms with E-state index >= 15 is 0 Å². The highest BCUT2D eigenvalue weighted by molar-refractivity contribution is 5.89. The van der Waals surface area contributed by atoms with Crippen molar-refractivity contribution in [1.82, 2.24) is 10.2 Å². The van der Waals surface area contributed by atoms with Crippen LogP contribution in [-0.4, -0.2) is 35.8 Å². The van der Waals surface area contributed by atoms with Crippen molar-refractivity contribution in [3.63, 3.8) is 0 Å². The van der Waals surface area contributed by atoms with Crippen LogP contribution in [0.25, 0.3) is 0 Å². The summed E-state index contributed by atoms with van der Waals surface area (Å²) in [6.07, 6.45) is 1.97. The summed E-state index contributed by atoms with van der Waals surface area (Å²) in [5, 5.41) is 2.80. The molecule has 1 saturated heterocycles. The average Bonchev–Trinajstić information content (AvgIpc) is 2.65. The number of nitrogens with one attached hydrogen (secondary N) is 1. The molecule has 114 valence electrons. The molecule has 1 aromatic carbocycles. The number of carbonyl (C=O) groups excluding carboxylic acids is 2. The summed E-state index contributed by atoms with van der Waals surface area (Å²) >= 11 is 0. The molecular formula is C17H24N2O2. The molecule has 2 rings (SSSR count). The van der Waals surface area contributed by atoms with E-state index in [1.807, 2.05) is 30.0 Å². The van der Waals surface area contributed by atoms with Crippen molar-refractivity contribution in [1.29, 1.82) is 0 Å². The summed E-state index contributed by atoms with van der Waals surface area (Å²) < 4.78 is 0. The van der Waals surface area contributed by atoms with Crippen molar-refractivity contribution in [2.24, 2.45) is 0 Å². The number of hydrogen-bond acceptors (Lipinski definition) is 2. The second-order valence-corrected chi connectivity index (χ2v) is 5.70. The SMILES string of the molecule is CCC1NC(=O)CCN(CCC(C)c2ccccc2)C1=O. The largest absolute Gasteiger partial charge is 0.344 e. The minimum atomic E-state index is -0.355. The van der Waals surface area contributed by atoms with Crippen LogP contribution in [0.1, 0.15) is 44.6 Å². The van der Waals surface area contributed by atoms with Gasteiger partial charge in [-0.05, 0) is 24.3 Å². The second kappa shape index (κ2) is 7.25. The number of hydrogen-bond donors (Lipinski definition) is 1. The van der Waals surface area contributed by atoms with E-state index in [1.54, 1.807) is 0 Å². The van der Waals surface area contributed by atoms with Gasteiger partial charge in [0.2, 0.25) is 11.8 Å². The monoisotopic (exact) mass is 288 g/mol. The normalized spacial score (nSPS) is 20.9. The standard InChI is InChI=1S/C17H24N2O2/c1-3-15-17(21)19(12-10-16(20)18-15)11-9-13(2)14-7-5-4-6-8-14/h4-8,13,15H,3,9-12H2,1-2H3,(H,18,20). The Morgan fingerprint density at radius 1 is 1.29 bits per heavy atom. The third-order valence-corrected chi connectivity index (χ3v) is 4.16. The highest BCUT2D eigenvalue weighted by atomic mass is 16.2. The molecule has 0 saturated carbocycles. The Bertz CT molecular complexity index is 487. The van der Waals surface area contributed by atoms with Gasteiger partial charge in [-0.15, -0.1) is 0 Å². The first-order valence-corrected chi connectivity index (χ1v) is 7.75. The topological polar surface area (TPSA) is 49.4 Å². The Morgan fingerprint density at radius 3 is 2.67 bits per heavy atom. The van der Waals surface area contributed by atoms with Crippen molar-refractivity contribution in [3.05, 3.63) is 35.9 Å². The molecule has 2 atom stereocenters. The molecule has 1 fully saturated rings. The average molecular weight is 288 g/mol. The summed E-state index contributed by atoms with van der Waals surface area (Å²) in [6.45, 7) is 5.35. The molecule has 0 radical (unpaired) electrons. The molecule has 4 nitrogen and oxygen atoms in total. The smallest absolute Gasteiger partial charge is 0.245 e. The summed E-state index contributed by atoms with van der Waals surface area (Å²) in [7, 11) is 0. The predicted molar refractivity (Wildman–Crippen MR) is 82.9 cm³/mol. The fraction of sp³-hybridized carbons (Fsp3) is 0.529. The highest BCUT2D eigenvalue weighted by Gasteiger charge is 2.28. The Hall–Kier alpha value is -1.84. The van der Waals surface area contributed by atoms with Crippen LogP contribution >= 0.6 is 0 Å². The molecule has 1 aromatic rings. The number of benzene rings is 1. The van der Waals surface area contributed by atoms with E-state index in [4.69, 9.17) is 0 Å². The molecule has 0 spiro atoms. The first-order valence-electron chi connectivity index (χ1n) is 7.75. The fourth-order valence-electron chi connectivity index (χ4n) is 2.69. The minimum Gasteiger partial charge on any atom is -0.344 e. The summed E-state index contributed by atoms with van der Waals surface area (Å²) in [5.74, 6) is 0.448. The lowest BCUT2D eigenvalue weighted by atomic mass is 9.97. The lowest BCUT2D eigenvalue weighted by Gasteiger charge is -2.25. The van der Waals surface area contributed by atoms with Crippen molar-refractivity contribution in [2.45, 2.75) is 45.1 Å². The zero-order valence-electron chi connectivity index (χ0n) is 12.8. The van der Waals surface area contributed by atoms with Gasteiger partial charge in [-0.3, -0.25) is 9.59 Å². The van der Waals surface area contributed by atoms with Crippen LogP contribution in [0.3, 0.4) is 0 Å². The number of carbonyl (C=O) groups is 2. The van der Waals surface area contributed by atoms with Gasteiger partial charge >= 0.3 is 0 Å². The van der Waals surface area contributed by atoms with E-state index in [0.717, 1.165) is 6.42 Å². The molecule has 2 unspecified atom stereocenters. The maximum absolute atomic E-state index is 12.4.